The molecule has 0 radical (unpaired) electrons. The monoisotopic (exact) mass is 491 g/mol. The van der Waals surface area contributed by atoms with Crippen molar-refractivity contribution in [3.8, 4) is 21.8 Å². The maximum atomic E-state index is 12.5. The summed E-state index contributed by atoms with van der Waals surface area (Å²) >= 11 is 1.61. The predicted molar refractivity (Wildman–Crippen MR) is 136 cm³/mol. The summed E-state index contributed by atoms with van der Waals surface area (Å²) in [5, 5.41) is 2.86. The lowest BCUT2D eigenvalue weighted by atomic mass is 10.1. The van der Waals surface area contributed by atoms with Crippen molar-refractivity contribution in [3.63, 3.8) is 0 Å². The van der Waals surface area contributed by atoms with E-state index in [-0.39, 0.29) is 11.9 Å². The van der Waals surface area contributed by atoms with Crippen molar-refractivity contribution in [1.29, 1.82) is 0 Å². The number of carbonyl (C=O) groups is 1. The maximum Gasteiger partial charge on any atom is 0.251 e. The van der Waals surface area contributed by atoms with Crippen LogP contribution < -0.4 is 16.0 Å². The van der Waals surface area contributed by atoms with Crippen LogP contribution in [0.25, 0.3) is 32.0 Å². The van der Waals surface area contributed by atoms with E-state index < -0.39 is 0 Å². The number of nitrogens with one attached hydrogen (secondary N) is 1. The number of nitrogens with two attached hydrogens (primary N) is 1. The quantitative estimate of drug-likeness (QED) is 0.375. The Kier molecular flexibility index (Phi) is 6.80. The van der Waals surface area contributed by atoms with Gasteiger partial charge in [0.05, 0.1) is 35.6 Å². The zero-order valence-electron chi connectivity index (χ0n) is 19.2. The van der Waals surface area contributed by atoms with Crippen LogP contribution in [-0.2, 0) is 9.47 Å². The van der Waals surface area contributed by atoms with Gasteiger partial charge in [0.15, 0.2) is 11.6 Å². The molecule has 1 saturated heterocycles. The molecular formula is C24H25N7O3S. The third kappa shape index (κ3) is 5.06. The molecule has 1 aliphatic heterocycles. The number of rotatable bonds is 7. The number of anilines is 2. The number of nitrogens with zero attached hydrogens (tertiary/aromatic N) is 5. The molecule has 35 heavy (non-hydrogen) atoms. The number of amides is 1. The lowest BCUT2D eigenvalue weighted by molar-refractivity contribution is 0.0937. The Labute approximate surface area is 206 Å². The van der Waals surface area contributed by atoms with E-state index in [9.17, 15) is 4.79 Å². The van der Waals surface area contributed by atoms with E-state index in [2.05, 4.69) is 20.2 Å². The minimum atomic E-state index is -0.135. The minimum absolute atomic E-state index is 0.135. The van der Waals surface area contributed by atoms with Gasteiger partial charge in [0, 0.05) is 49.6 Å². The highest BCUT2D eigenvalue weighted by molar-refractivity contribution is 7.22. The van der Waals surface area contributed by atoms with Gasteiger partial charge < -0.3 is 25.4 Å². The first-order valence-electron chi connectivity index (χ1n) is 11.2. The van der Waals surface area contributed by atoms with Gasteiger partial charge in [0.1, 0.15) is 0 Å². The normalized spacial score (nSPS) is 13.8. The van der Waals surface area contributed by atoms with Gasteiger partial charge in [0.25, 0.3) is 5.91 Å². The summed E-state index contributed by atoms with van der Waals surface area (Å²) in [6.07, 6.45) is 3.26. The Bertz CT molecular complexity index is 1340. The van der Waals surface area contributed by atoms with E-state index in [0.717, 1.165) is 39.6 Å². The summed E-state index contributed by atoms with van der Waals surface area (Å²) in [7, 11) is 1.61. The molecule has 3 N–H and O–H groups in total. The molecule has 1 amide bonds. The Morgan fingerprint density at radius 3 is 2.74 bits per heavy atom. The molecule has 11 heteroatoms. The van der Waals surface area contributed by atoms with Crippen molar-refractivity contribution in [1.82, 2.24) is 25.3 Å². The average Bonchev–Trinajstić information content (AvgIpc) is 3.34. The number of hydrogen-bond donors (Lipinski definition) is 2. The number of fused-ring (bicyclic) bond motifs is 1. The van der Waals surface area contributed by atoms with Crippen molar-refractivity contribution in [2.45, 2.75) is 0 Å². The molecule has 4 aromatic rings. The predicted octanol–water partition coefficient (Wildman–Crippen LogP) is 2.61. The van der Waals surface area contributed by atoms with E-state index in [1.807, 2.05) is 24.3 Å². The molecule has 3 aromatic heterocycles. The lowest BCUT2D eigenvalue weighted by Crippen LogP contribution is -2.36. The number of aromatic nitrogens is 4. The molecule has 1 fully saturated rings. The molecule has 0 saturated carbocycles. The molecule has 4 heterocycles. The van der Waals surface area contributed by atoms with Gasteiger partial charge in [0.2, 0.25) is 5.95 Å². The van der Waals surface area contributed by atoms with Crippen molar-refractivity contribution in [3.05, 3.63) is 48.3 Å². The Morgan fingerprint density at radius 2 is 1.97 bits per heavy atom. The van der Waals surface area contributed by atoms with Crippen molar-refractivity contribution < 1.29 is 14.3 Å². The second-order valence-electron chi connectivity index (χ2n) is 7.95. The molecule has 5 rings (SSSR count). The van der Waals surface area contributed by atoms with Gasteiger partial charge in [-0.2, -0.15) is 0 Å². The highest BCUT2D eigenvalue weighted by atomic mass is 32.1. The Morgan fingerprint density at radius 1 is 1.17 bits per heavy atom. The smallest absolute Gasteiger partial charge is 0.251 e. The first kappa shape index (κ1) is 23.1. The topological polar surface area (TPSA) is 128 Å². The van der Waals surface area contributed by atoms with Gasteiger partial charge in [-0.15, -0.1) is 11.3 Å². The maximum absolute atomic E-state index is 12.5. The molecular weight excluding hydrogens is 466 g/mol. The van der Waals surface area contributed by atoms with Gasteiger partial charge in [-0.1, -0.05) is 12.1 Å². The van der Waals surface area contributed by atoms with E-state index in [0.29, 0.717) is 43.3 Å². The number of hydrogen-bond acceptors (Lipinski definition) is 10. The van der Waals surface area contributed by atoms with Gasteiger partial charge in [-0.3, -0.25) is 4.79 Å². The zero-order valence-corrected chi connectivity index (χ0v) is 20.0. The number of ether oxygens (including phenoxy) is 2. The van der Waals surface area contributed by atoms with E-state index in [1.54, 1.807) is 36.9 Å². The summed E-state index contributed by atoms with van der Waals surface area (Å²) in [5.74, 6) is 1.46. The number of benzene rings is 1. The molecule has 10 nitrogen and oxygen atoms in total. The highest BCUT2D eigenvalue weighted by Crippen LogP contribution is 2.39. The van der Waals surface area contributed by atoms with Gasteiger partial charge in [-0.25, -0.2) is 19.9 Å². The van der Waals surface area contributed by atoms with Crippen molar-refractivity contribution in [2.75, 3.05) is 57.2 Å². The summed E-state index contributed by atoms with van der Waals surface area (Å²) in [5.41, 5.74) is 8.71. The van der Waals surface area contributed by atoms with Crippen LogP contribution in [0.1, 0.15) is 10.4 Å². The van der Waals surface area contributed by atoms with Crippen LogP contribution in [0.5, 0.6) is 0 Å². The summed E-state index contributed by atoms with van der Waals surface area (Å²) < 4.78 is 11.5. The fourth-order valence-electron chi connectivity index (χ4n) is 3.81. The van der Waals surface area contributed by atoms with Crippen LogP contribution >= 0.6 is 11.3 Å². The van der Waals surface area contributed by atoms with Crippen LogP contribution in [0.4, 0.5) is 11.8 Å². The van der Waals surface area contributed by atoms with Crippen molar-refractivity contribution >= 4 is 39.2 Å². The first-order valence-corrected chi connectivity index (χ1v) is 12.0. The fraction of sp³-hybridized carbons (Fsp3) is 0.292. The highest BCUT2D eigenvalue weighted by Gasteiger charge is 2.21. The molecule has 0 unspecified atom stereocenters. The second kappa shape index (κ2) is 10.3. The third-order valence-corrected chi connectivity index (χ3v) is 6.76. The molecule has 180 valence electrons. The van der Waals surface area contributed by atoms with E-state index >= 15 is 0 Å². The largest absolute Gasteiger partial charge is 0.383 e. The zero-order chi connectivity index (χ0) is 24.2. The first-order chi connectivity index (χ1) is 17.1. The number of thiophene rings is 1. The lowest BCUT2D eigenvalue weighted by Gasteiger charge is -2.28. The molecule has 0 aliphatic carbocycles. The standard InChI is InChI=1S/C24H25N7O3S/c1-33-8-5-26-23(32)16-4-2-3-15(11-16)19-12-18-20(35-19)22(31-6-9-34-10-7-31)30-21(29-18)17-13-27-24(25)28-14-17/h2-4,11-14H,5-10H2,1H3,(H,26,32)(H2,25,27,28). The Hall–Kier alpha value is -3.67. The fourth-order valence-corrected chi connectivity index (χ4v) is 4.92. The summed E-state index contributed by atoms with van der Waals surface area (Å²) in [4.78, 5) is 33.6. The number of nitrogen functional groups attached to an aromatic ring is 1. The second-order valence-corrected chi connectivity index (χ2v) is 9.01. The van der Waals surface area contributed by atoms with Crippen LogP contribution in [-0.4, -0.2) is 72.4 Å². The van der Waals surface area contributed by atoms with Crippen LogP contribution in [0, 0.1) is 0 Å². The minimum Gasteiger partial charge on any atom is -0.383 e. The van der Waals surface area contributed by atoms with E-state index in [4.69, 9.17) is 25.2 Å². The number of carbonyl (C=O) groups excluding carboxylic acids is 1. The van der Waals surface area contributed by atoms with E-state index in [1.165, 1.54) is 0 Å². The average molecular weight is 492 g/mol. The van der Waals surface area contributed by atoms with Crippen LogP contribution in [0.2, 0.25) is 0 Å². The summed E-state index contributed by atoms with van der Waals surface area (Å²) in [6, 6.07) is 9.61. The van der Waals surface area contributed by atoms with Crippen LogP contribution in [0.3, 0.4) is 0 Å². The SMILES string of the molecule is COCCNC(=O)c1cccc(-c2cc3nc(-c4cnc(N)nc4)nc(N4CCOCC4)c3s2)c1. The van der Waals surface area contributed by atoms with Gasteiger partial charge >= 0.3 is 0 Å². The molecule has 1 aromatic carbocycles. The van der Waals surface area contributed by atoms with Gasteiger partial charge in [-0.05, 0) is 23.8 Å². The number of morpholine rings is 1. The molecule has 1 aliphatic rings. The van der Waals surface area contributed by atoms with Crippen molar-refractivity contribution in [2.24, 2.45) is 0 Å². The summed E-state index contributed by atoms with van der Waals surface area (Å²) in [6.45, 7) is 3.70. The third-order valence-electron chi connectivity index (χ3n) is 5.60. The molecule has 0 atom stereocenters. The Balaban J connectivity index is 1.55. The molecule has 0 spiro atoms. The number of methoxy groups -OCH3 is 1. The molecule has 0 bridgehead atoms. The van der Waals surface area contributed by atoms with Crippen LogP contribution in [0.15, 0.2) is 42.7 Å².